The summed E-state index contributed by atoms with van der Waals surface area (Å²) >= 11 is 0. The molecule has 3 fully saturated rings. The van der Waals surface area contributed by atoms with Gasteiger partial charge in [-0.2, -0.15) is 0 Å². The summed E-state index contributed by atoms with van der Waals surface area (Å²) in [6.45, 7) is 10.9. The van der Waals surface area contributed by atoms with Crippen LogP contribution < -0.4 is 15.5 Å². The molecule has 6 rings (SSSR count). The molecule has 0 unspecified atom stereocenters. The third kappa shape index (κ3) is 3.42. The Hall–Kier alpha value is -2.71. The highest BCUT2D eigenvalue weighted by atomic mass is 16.3. The summed E-state index contributed by atoms with van der Waals surface area (Å²) in [6, 6.07) is 6.82. The first-order chi connectivity index (χ1) is 15.5. The predicted molar refractivity (Wildman–Crippen MR) is 125 cm³/mol. The number of fused-ring (bicyclic) bond motifs is 1. The molecule has 1 saturated carbocycles. The normalized spacial score (nSPS) is 21.2. The minimum absolute atomic E-state index is 0.410. The minimum Gasteiger partial charge on any atom is -0.439 e. The maximum atomic E-state index is 6.15. The molecule has 1 aromatic carbocycles. The van der Waals surface area contributed by atoms with Gasteiger partial charge < -0.3 is 20.0 Å². The van der Waals surface area contributed by atoms with Gasteiger partial charge in [0, 0.05) is 73.7 Å². The summed E-state index contributed by atoms with van der Waals surface area (Å²) in [4.78, 5) is 20.7. The molecule has 0 radical (unpaired) electrons. The topological polar surface area (TPSA) is 87.6 Å². The number of anilines is 2. The van der Waals surface area contributed by atoms with Crippen LogP contribution in [0.1, 0.15) is 30.0 Å². The summed E-state index contributed by atoms with van der Waals surface area (Å²) in [5.41, 5.74) is 11.8. The largest absolute Gasteiger partial charge is 0.439 e. The summed E-state index contributed by atoms with van der Waals surface area (Å²) in [5, 5.41) is 0. The van der Waals surface area contributed by atoms with Gasteiger partial charge in [-0.15, -0.1) is 0 Å². The molecule has 1 spiro atoms. The van der Waals surface area contributed by atoms with Gasteiger partial charge in [-0.3, -0.25) is 4.90 Å². The van der Waals surface area contributed by atoms with Crippen LogP contribution in [0, 0.1) is 19.3 Å². The number of piperazine rings is 1. The molecule has 0 amide bonds. The van der Waals surface area contributed by atoms with E-state index in [0.29, 0.717) is 11.5 Å². The maximum absolute atomic E-state index is 6.15. The van der Waals surface area contributed by atoms with Gasteiger partial charge in [-0.25, -0.2) is 15.0 Å². The van der Waals surface area contributed by atoms with Gasteiger partial charge in [0.1, 0.15) is 17.7 Å². The monoisotopic (exact) mass is 433 g/mol. The second kappa shape index (κ2) is 7.42. The molecule has 2 saturated heterocycles. The van der Waals surface area contributed by atoms with Crippen LogP contribution >= 0.6 is 0 Å². The lowest BCUT2D eigenvalue weighted by atomic mass is 9.61. The Morgan fingerprint density at radius 3 is 2.59 bits per heavy atom. The molecular formula is C24H31N7O. The molecule has 4 heterocycles. The lowest BCUT2D eigenvalue weighted by molar-refractivity contribution is 0.0665. The van der Waals surface area contributed by atoms with Crippen molar-refractivity contribution in [1.29, 1.82) is 0 Å². The summed E-state index contributed by atoms with van der Waals surface area (Å²) in [5.74, 6) is 1.85. The van der Waals surface area contributed by atoms with Crippen molar-refractivity contribution < 1.29 is 4.42 Å². The molecule has 2 aromatic heterocycles. The van der Waals surface area contributed by atoms with Crippen LogP contribution in [0.3, 0.4) is 0 Å². The molecule has 3 aromatic rings. The molecule has 1 aliphatic carbocycles. The van der Waals surface area contributed by atoms with Crippen molar-refractivity contribution in [2.45, 2.75) is 39.3 Å². The van der Waals surface area contributed by atoms with Crippen molar-refractivity contribution in [2.24, 2.45) is 11.1 Å². The van der Waals surface area contributed by atoms with Crippen LogP contribution in [0.5, 0.6) is 0 Å². The molecule has 0 atom stereocenters. The average molecular weight is 434 g/mol. The molecule has 3 aliphatic rings. The number of oxazole rings is 1. The zero-order chi connectivity index (χ0) is 21.9. The molecule has 2 N–H and O–H groups in total. The van der Waals surface area contributed by atoms with Crippen LogP contribution in [0.25, 0.3) is 11.1 Å². The second-order valence-corrected chi connectivity index (χ2v) is 9.95. The highest BCUT2D eigenvalue weighted by Gasteiger charge is 2.51. The Morgan fingerprint density at radius 2 is 1.84 bits per heavy atom. The van der Waals surface area contributed by atoms with E-state index in [1.807, 2.05) is 6.92 Å². The van der Waals surface area contributed by atoms with Crippen molar-refractivity contribution in [3.05, 3.63) is 41.7 Å². The number of aromatic nitrogens is 3. The molecule has 8 nitrogen and oxygen atoms in total. The number of aryl methyl sites for hydroxylation is 1. The number of hydrogen-bond acceptors (Lipinski definition) is 8. The van der Waals surface area contributed by atoms with Gasteiger partial charge in [0.15, 0.2) is 5.58 Å². The van der Waals surface area contributed by atoms with E-state index in [-0.39, 0.29) is 0 Å². The molecule has 2 aliphatic heterocycles. The van der Waals surface area contributed by atoms with E-state index in [1.54, 1.807) is 6.33 Å². The van der Waals surface area contributed by atoms with E-state index in [4.69, 9.17) is 15.1 Å². The van der Waals surface area contributed by atoms with Crippen molar-refractivity contribution in [3.8, 4) is 0 Å². The highest BCUT2D eigenvalue weighted by molar-refractivity contribution is 5.78. The Kier molecular flexibility index (Phi) is 4.62. The smallest absolute Gasteiger partial charge is 0.209 e. The SMILES string of the molecule is Cc1ncnc(N2CCN(Cc3nc4ccc(N5CC6(CC(N)C6)C5)cc4o3)CC2)c1C. The fourth-order valence-electron chi connectivity index (χ4n) is 5.64. The number of rotatable bonds is 4. The van der Waals surface area contributed by atoms with Gasteiger partial charge in [0.05, 0.1) is 6.54 Å². The second-order valence-electron chi connectivity index (χ2n) is 9.95. The van der Waals surface area contributed by atoms with Crippen LogP contribution in [-0.4, -0.2) is 65.2 Å². The van der Waals surface area contributed by atoms with E-state index in [9.17, 15) is 0 Å². The van der Waals surface area contributed by atoms with Gasteiger partial charge in [0.25, 0.3) is 0 Å². The summed E-state index contributed by atoms with van der Waals surface area (Å²) in [7, 11) is 0. The Balaban J connectivity index is 1.08. The van der Waals surface area contributed by atoms with Crippen molar-refractivity contribution in [3.63, 3.8) is 0 Å². The quantitative estimate of drug-likeness (QED) is 0.672. The highest BCUT2D eigenvalue weighted by Crippen LogP contribution is 2.49. The number of nitrogens with zero attached hydrogens (tertiary/aromatic N) is 6. The third-order valence-corrected chi connectivity index (χ3v) is 7.56. The lowest BCUT2D eigenvalue weighted by Gasteiger charge is -2.59. The molecular weight excluding hydrogens is 402 g/mol. The lowest BCUT2D eigenvalue weighted by Crippen LogP contribution is -2.65. The fourth-order valence-corrected chi connectivity index (χ4v) is 5.64. The van der Waals surface area contributed by atoms with E-state index in [2.05, 4.69) is 49.8 Å². The van der Waals surface area contributed by atoms with Gasteiger partial charge in [0.2, 0.25) is 5.89 Å². The van der Waals surface area contributed by atoms with Crippen molar-refractivity contribution in [2.75, 3.05) is 49.1 Å². The van der Waals surface area contributed by atoms with E-state index >= 15 is 0 Å². The zero-order valence-electron chi connectivity index (χ0n) is 18.9. The first kappa shape index (κ1) is 19.9. The standard InChI is InChI=1S/C24H31N7O/c1-16-17(2)26-15-27-23(16)30-7-5-29(6-8-30)12-22-28-20-4-3-19(9-21(20)32-22)31-13-24(14-31)10-18(25)11-24/h3-4,9,15,18H,5-8,10-14,25H2,1-2H3. The first-order valence-corrected chi connectivity index (χ1v) is 11.6. The van der Waals surface area contributed by atoms with Gasteiger partial charge in [-0.1, -0.05) is 0 Å². The average Bonchev–Trinajstić information content (AvgIpc) is 3.14. The maximum Gasteiger partial charge on any atom is 0.209 e. The van der Waals surface area contributed by atoms with Crippen LogP contribution in [0.4, 0.5) is 11.5 Å². The zero-order valence-corrected chi connectivity index (χ0v) is 18.9. The van der Waals surface area contributed by atoms with E-state index in [1.165, 1.54) is 24.1 Å². The fraction of sp³-hybridized carbons (Fsp3) is 0.542. The summed E-state index contributed by atoms with van der Waals surface area (Å²) in [6.07, 6.45) is 4.00. The molecule has 32 heavy (non-hydrogen) atoms. The van der Waals surface area contributed by atoms with Crippen LogP contribution in [0.15, 0.2) is 28.9 Å². The number of benzene rings is 1. The van der Waals surface area contributed by atoms with Crippen LogP contribution in [-0.2, 0) is 6.54 Å². The van der Waals surface area contributed by atoms with E-state index in [0.717, 1.165) is 74.3 Å². The molecule has 0 bridgehead atoms. The summed E-state index contributed by atoms with van der Waals surface area (Å²) < 4.78 is 6.15. The van der Waals surface area contributed by atoms with Crippen LogP contribution in [0.2, 0.25) is 0 Å². The Bertz CT molecular complexity index is 1140. The molecule has 168 valence electrons. The van der Waals surface area contributed by atoms with Crippen molar-refractivity contribution >= 4 is 22.6 Å². The molecule has 8 heteroatoms. The predicted octanol–water partition coefficient (Wildman–Crippen LogP) is 2.48. The number of nitrogens with two attached hydrogens (primary N) is 1. The van der Waals surface area contributed by atoms with E-state index < -0.39 is 0 Å². The Labute approximate surface area is 188 Å². The Morgan fingerprint density at radius 1 is 1.06 bits per heavy atom. The minimum atomic E-state index is 0.410. The van der Waals surface area contributed by atoms with Gasteiger partial charge >= 0.3 is 0 Å². The van der Waals surface area contributed by atoms with Gasteiger partial charge in [-0.05, 0) is 38.8 Å². The number of hydrogen-bond donors (Lipinski definition) is 1. The van der Waals surface area contributed by atoms with Crippen molar-refractivity contribution in [1.82, 2.24) is 19.9 Å². The third-order valence-electron chi connectivity index (χ3n) is 7.56. The first-order valence-electron chi connectivity index (χ1n) is 11.6.